The highest BCUT2D eigenvalue weighted by molar-refractivity contribution is 6.02. The molecule has 1 aromatic carbocycles. The zero-order valence-electron chi connectivity index (χ0n) is 11.9. The van der Waals surface area contributed by atoms with Crippen molar-refractivity contribution in [3.8, 4) is 5.75 Å². The van der Waals surface area contributed by atoms with Gasteiger partial charge in [-0.2, -0.15) is 0 Å². The lowest BCUT2D eigenvalue weighted by Crippen LogP contribution is -2.39. The number of carbonyl (C=O) groups is 1. The van der Waals surface area contributed by atoms with Crippen molar-refractivity contribution in [1.29, 1.82) is 0 Å². The Balaban J connectivity index is 2.21. The fourth-order valence-electron chi connectivity index (χ4n) is 2.30. The minimum absolute atomic E-state index is 0.0428. The maximum absolute atomic E-state index is 12.6. The molecule has 0 spiro atoms. The van der Waals surface area contributed by atoms with Crippen LogP contribution in [0.3, 0.4) is 0 Å². The largest absolute Gasteiger partial charge is 0.490 e. The molecule has 0 amide bonds. The summed E-state index contributed by atoms with van der Waals surface area (Å²) < 4.78 is 11.2. The minimum Gasteiger partial charge on any atom is -0.490 e. The van der Waals surface area contributed by atoms with Gasteiger partial charge in [0.2, 0.25) is 0 Å². The Morgan fingerprint density at radius 3 is 2.53 bits per heavy atom. The van der Waals surface area contributed by atoms with Gasteiger partial charge in [-0.3, -0.25) is 4.79 Å². The first-order valence-corrected chi connectivity index (χ1v) is 7.02. The lowest BCUT2D eigenvalue weighted by Gasteiger charge is -2.28. The average molecular weight is 262 g/mol. The van der Waals surface area contributed by atoms with Gasteiger partial charge in [0.1, 0.15) is 11.4 Å². The SMILES string of the molecule is CCC(CC)(OC)C(=O)c1cccc(OC2CC2)c1. The summed E-state index contributed by atoms with van der Waals surface area (Å²) in [5.41, 5.74) is -0.0400. The van der Waals surface area contributed by atoms with Crippen LogP contribution < -0.4 is 4.74 Å². The molecule has 2 rings (SSSR count). The van der Waals surface area contributed by atoms with Crippen molar-refractivity contribution < 1.29 is 14.3 Å². The van der Waals surface area contributed by atoms with Crippen LogP contribution in [0.1, 0.15) is 49.9 Å². The second-order valence-electron chi connectivity index (χ2n) is 5.08. The highest BCUT2D eigenvalue weighted by atomic mass is 16.5. The summed E-state index contributed by atoms with van der Waals surface area (Å²) in [4.78, 5) is 12.6. The Kier molecular flexibility index (Phi) is 4.25. The lowest BCUT2D eigenvalue weighted by molar-refractivity contribution is -0.00263. The van der Waals surface area contributed by atoms with Gasteiger partial charge < -0.3 is 9.47 Å². The van der Waals surface area contributed by atoms with E-state index in [1.807, 2.05) is 38.1 Å². The summed E-state index contributed by atoms with van der Waals surface area (Å²) in [5.74, 6) is 0.826. The van der Waals surface area contributed by atoms with E-state index in [0.717, 1.165) is 18.6 Å². The molecule has 1 aliphatic carbocycles. The summed E-state index contributed by atoms with van der Waals surface area (Å²) >= 11 is 0. The summed E-state index contributed by atoms with van der Waals surface area (Å²) in [7, 11) is 1.61. The van der Waals surface area contributed by atoms with Crippen molar-refractivity contribution in [2.24, 2.45) is 0 Å². The molecule has 0 heterocycles. The van der Waals surface area contributed by atoms with Crippen LogP contribution in [0.4, 0.5) is 0 Å². The molecule has 0 saturated heterocycles. The molecule has 3 heteroatoms. The first-order chi connectivity index (χ1) is 9.15. The normalized spacial score (nSPS) is 15.3. The van der Waals surface area contributed by atoms with Gasteiger partial charge in [0.25, 0.3) is 0 Å². The molecule has 3 nitrogen and oxygen atoms in total. The number of methoxy groups -OCH3 is 1. The summed E-state index contributed by atoms with van der Waals surface area (Å²) in [6.07, 6.45) is 3.92. The van der Waals surface area contributed by atoms with Crippen LogP contribution in [0.25, 0.3) is 0 Å². The second-order valence-corrected chi connectivity index (χ2v) is 5.08. The Hall–Kier alpha value is -1.35. The zero-order valence-corrected chi connectivity index (χ0v) is 11.9. The maximum Gasteiger partial charge on any atom is 0.194 e. The van der Waals surface area contributed by atoms with Crippen molar-refractivity contribution in [2.75, 3.05) is 7.11 Å². The average Bonchev–Trinajstić information content (AvgIpc) is 3.25. The summed E-state index contributed by atoms with van der Waals surface area (Å²) in [6, 6.07) is 7.44. The second kappa shape index (κ2) is 5.74. The molecule has 0 atom stereocenters. The molecule has 0 radical (unpaired) electrons. The van der Waals surface area contributed by atoms with E-state index in [4.69, 9.17) is 9.47 Å². The van der Waals surface area contributed by atoms with E-state index in [9.17, 15) is 4.79 Å². The van der Waals surface area contributed by atoms with Crippen LogP contribution in [0.15, 0.2) is 24.3 Å². The standard InChI is InChI=1S/C16H22O3/c1-4-16(5-2,18-3)15(17)12-7-6-8-14(11-12)19-13-9-10-13/h6-8,11,13H,4-5,9-10H2,1-3H3. The van der Waals surface area contributed by atoms with Gasteiger partial charge in [0, 0.05) is 12.7 Å². The number of hydrogen-bond donors (Lipinski definition) is 0. The quantitative estimate of drug-likeness (QED) is 0.704. The Bertz CT molecular complexity index is 437. The number of carbonyl (C=O) groups excluding carboxylic acids is 1. The van der Waals surface area contributed by atoms with Gasteiger partial charge in [0.15, 0.2) is 5.78 Å². The molecule has 0 aliphatic heterocycles. The van der Waals surface area contributed by atoms with Crippen LogP contribution >= 0.6 is 0 Å². The van der Waals surface area contributed by atoms with E-state index in [-0.39, 0.29) is 5.78 Å². The van der Waals surface area contributed by atoms with E-state index >= 15 is 0 Å². The first kappa shape index (κ1) is 14.1. The highest BCUT2D eigenvalue weighted by Gasteiger charge is 2.35. The third-order valence-electron chi connectivity index (χ3n) is 3.87. The number of ketones is 1. The molecule has 1 fully saturated rings. The van der Waals surface area contributed by atoms with E-state index in [1.54, 1.807) is 7.11 Å². The molecule has 0 aromatic heterocycles. The topological polar surface area (TPSA) is 35.5 Å². The third-order valence-corrected chi connectivity index (χ3v) is 3.87. The molecule has 1 saturated carbocycles. The van der Waals surface area contributed by atoms with Gasteiger partial charge in [-0.25, -0.2) is 0 Å². The predicted molar refractivity (Wildman–Crippen MR) is 74.7 cm³/mol. The van der Waals surface area contributed by atoms with Crippen molar-refractivity contribution in [3.05, 3.63) is 29.8 Å². The van der Waals surface area contributed by atoms with Gasteiger partial charge in [-0.1, -0.05) is 26.0 Å². The molecule has 1 aromatic rings. The number of benzene rings is 1. The molecular formula is C16H22O3. The van der Waals surface area contributed by atoms with Crippen LogP contribution in [0.2, 0.25) is 0 Å². The molecule has 1 aliphatic rings. The third kappa shape index (κ3) is 2.98. The van der Waals surface area contributed by atoms with Crippen molar-refractivity contribution in [2.45, 2.75) is 51.2 Å². The van der Waals surface area contributed by atoms with Crippen LogP contribution in [-0.2, 0) is 4.74 Å². The number of rotatable bonds is 7. The predicted octanol–water partition coefficient (Wildman–Crippen LogP) is 3.62. The van der Waals surface area contributed by atoms with Crippen molar-refractivity contribution in [1.82, 2.24) is 0 Å². The van der Waals surface area contributed by atoms with Gasteiger partial charge in [-0.15, -0.1) is 0 Å². The van der Waals surface area contributed by atoms with E-state index in [0.29, 0.717) is 24.5 Å². The highest BCUT2D eigenvalue weighted by Crippen LogP contribution is 2.29. The summed E-state index contributed by atoms with van der Waals surface area (Å²) in [5, 5.41) is 0. The van der Waals surface area contributed by atoms with Crippen LogP contribution in [0, 0.1) is 0 Å². The molecule has 0 unspecified atom stereocenters. The smallest absolute Gasteiger partial charge is 0.194 e. The van der Waals surface area contributed by atoms with E-state index in [2.05, 4.69) is 0 Å². The Morgan fingerprint density at radius 2 is 2.00 bits per heavy atom. The molecular weight excluding hydrogens is 240 g/mol. The monoisotopic (exact) mass is 262 g/mol. The van der Waals surface area contributed by atoms with Crippen molar-refractivity contribution in [3.63, 3.8) is 0 Å². The van der Waals surface area contributed by atoms with E-state index < -0.39 is 5.60 Å². The molecule has 19 heavy (non-hydrogen) atoms. The van der Waals surface area contributed by atoms with Gasteiger partial charge in [-0.05, 0) is 37.8 Å². The maximum atomic E-state index is 12.6. The first-order valence-electron chi connectivity index (χ1n) is 7.02. The molecule has 0 bridgehead atoms. The number of hydrogen-bond acceptors (Lipinski definition) is 3. The lowest BCUT2D eigenvalue weighted by atomic mass is 9.87. The number of ether oxygens (including phenoxy) is 2. The fraction of sp³-hybridized carbons (Fsp3) is 0.562. The fourth-order valence-corrected chi connectivity index (χ4v) is 2.30. The van der Waals surface area contributed by atoms with Gasteiger partial charge in [0.05, 0.1) is 6.10 Å². The summed E-state index contributed by atoms with van der Waals surface area (Å²) in [6.45, 7) is 3.96. The minimum atomic E-state index is -0.710. The number of Topliss-reactive ketones (excluding diaryl/α,β-unsaturated/α-hetero) is 1. The zero-order chi connectivity index (χ0) is 13.9. The van der Waals surface area contributed by atoms with Crippen LogP contribution in [-0.4, -0.2) is 24.6 Å². The van der Waals surface area contributed by atoms with Gasteiger partial charge >= 0.3 is 0 Å². The van der Waals surface area contributed by atoms with E-state index in [1.165, 1.54) is 0 Å². The molecule has 104 valence electrons. The Morgan fingerprint density at radius 1 is 1.32 bits per heavy atom. The van der Waals surface area contributed by atoms with Crippen LogP contribution in [0.5, 0.6) is 5.75 Å². The Labute approximate surface area is 114 Å². The van der Waals surface area contributed by atoms with Crippen molar-refractivity contribution >= 4 is 5.78 Å². The molecule has 0 N–H and O–H groups in total.